The summed E-state index contributed by atoms with van der Waals surface area (Å²) in [5, 5.41) is 11.4. The van der Waals surface area contributed by atoms with Crippen LogP contribution >= 0.6 is 0 Å². The maximum absolute atomic E-state index is 13.0. The summed E-state index contributed by atoms with van der Waals surface area (Å²) >= 11 is 0. The SMILES string of the molecule is CCOc1ccc(C2CCCN2C(=O)COC(=O)/C(=C/c2ccccc2)n2nnnc2C)cc1. The molecule has 4 rings (SSSR count). The highest BCUT2D eigenvalue weighted by molar-refractivity contribution is 6.15. The third-order valence-corrected chi connectivity index (χ3v) is 5.64. The fourth-order valence-electron chi connectivity index (χ4n) is 4.02. The zero-order valence-electron chi connectivity index (χ0n) is 19.3. The summed E-state index contributed by atoms with van der Waals surface area (Å²) in [6.45, 7) is 4.48. The number of tetrazole rings is 1. The van der Waals surface area contributed by atoms with Crippen molar-refractivity contribution in [2.45, 2.75) is 32.7 Å². The van der Waals surface area contributed by atoms with E-state index in [0.717, 1.165) is 29.7 Å². The number of carbonyl (C=O) groups excluding carboxylic acids is 2. The number of hydrogen-bond donors (Lipinski definition) is 0. The van der Waals surface area contributed by atoms with Gasteiger partial charge in [-0.25, -0.2) is 4.79 Å². The topological polar surface area (TPSA) is 99.4 Å². The summed E-state index contributed by atoms with van der Waals surface area (Å²) in [7, 11) is 0. The molecular formula is C25H27N5O4. The van der Waals surface area contributed by atoms with Crippen LogP contribution in [-0.4, -0.2) is 56.7 Å². The van der Waals surface area contributed by atoms with Gasteiger partial charge >= 0.3 is 5.97 Å². The van der Waals surface area contributed by atoms with Gasteiger partial charge in [0.1, 0.15) is 5.75 Å². The van der Waals surface area contributed by atoms with Crippen LogP contribution in [0, 0.1) is 6.92 Å². The Kier molecular flexibility index (Phi) is 7.31. The Hall–Kier alpha value is -4.01. The molecule has 0 spiro atoms. The van der Waals surface area contributed by atoms with Gasteiger partial charge in [0, 0.05) is 6.54 Å². The van der Waals surface area contributed by atoms with Crippen molar-refractivity contribution in [1.82, 2.24) is 25.1 Å². The lowest BCUT2D eigenvalue weighted by molar-refractivity contribution is -0.148. The van der Waals surface area contributed by atoms with Crippen molar-refractivity contribution < 1.29 is 19.1 Å². The number of aryl methyl sites for hydroxylation is 1. The maximum atomic E-state index is 13.0. The molecule has 1 unspecified atom stereocenters. The molecule has 1 aliphatic heterocycles. The molecule has 9 heteroatoms. The third-order valence-electron chi connectivity index (χ3n) is 5.64. The van der Waals surface area contributed by atoms with Gasteiger partial charge in [0.2, 0.25) is 0 Å². The van der Waals surface area contributed by atoms with Crippen LogP contribution in [-0.2, 0) is 14.3 Å². The quantitative estimate of drug-likeness (QED) is 0.375. The number of aromatic nitrogens is 4. The van der Waals surface area contributed by atoms with Crippen LogP contribution in [0.15, 0.2) is 54.6 Å². The summed E-state index contributed by atoms with van der Waals surface area (Å²) in [5.41, 5.74) is 1.95. The molecule has 0 bridgehead atoms. The number of hydrogen-bond acceptors (Lipinski definition) is 7. The number of likely N-dealkylation sites (tertiary alicyclic amines) is 1. The zero-order chi connectivity index (χ0) is 23.9. The predicted octanol–water partition coefficient (Wildman–Crippen LogP) is 3.29. The molecule has 1 aliphatic rings. The van der Waals surface area contributed by atoms with E-state index in [9.17, 15) is 9.59 Å². The largest absolute Gasteiger partial charge is 0.494 e. The molecule has 1 amide bonds. The average Bonchev–Trinajstić information content (AvgIpc) is 3.51. The number of ether oxygens (including phenoxy) is 2. The molecule has 0 aliphatic carbocycles. The molecule has 1 fully saturated rings. The van der Waals surface area contributed by atoms with Gasteiger partial charge in [0.15, 0.2) is 18.1 Å². The van der Waals surface area contributed by atoms with Crippen molar-refractivity contribution in [3.63, 3.8) is 0 Å². The molecule has 9 nitrogen and oxygen atoms in total. The van der Waals surface area contributed by atoms with E-state index < -0.39 is 5.97 Å². The van der Waals surface area contributed by atoms with Crippen molar-refractivity contribution in [1.29, 1.82) is 0 Å². The van der Waals surface area contributed by atoms with Gasteiger partial charge < -0.3 is 14.4 Å². The van der Waals surface area contributed by atoms with Gasteiger partial charge in [0.05, 0.1) is 12.6 Å². The number of carbonyl (C=O) groups is 2. The minimum atomic E-state index is -0.676. The van der Waals surface area contributed by atoms with Crippen LogP contribution in [0.2, 0.25) is 0 Å². The number of esters is 1. The third kappa shape index (κ3) is 5.31. The molecule has 1 aromatic heterocycles. The van der Waals surface area contributed by atoms with Crippen LogP contribution in [0.25, 0.3) is 11.8 Å². The van der Waals surface area contributed by atoms with E-state index in [0.29, 0.717) is 19.0 Å². The van der Waals surface area contributed by atoms with Crippen molar-refractivity contribution >= 4 is 23.6 Å². The van der Waals surface area contributed by atoms with Crippen molar-refractivity contribution in [2.75, 3.05) is 19.8 Å². The lowest BCUT2D eigenvalue weighted by Crippen LogP contribution is -2.34. The lowest BCUT2D eigenvalue weighted by Gasteiger charge is -2.25. The van der Waals surface area contributed by atoms with E-state index in [1.807, 2.05) is 61.5 Å². The molecule has 1 saturated heterocycles. The highest BCUT2D eigenvalue weighted by atomic mass is 16.5. The fraction of sp³-hybridized carbons (Fsp3) is 0.320. The first-order valence-electron chi connectivity index (χ1n) is 11.3. The van der Waals surface area contributed by atoms with E-state index in [-0.39, 0.29) is 24.3 Å². The van der Waals surface area contributed by atoms with Crippen LogP contribution in [0.3, 0.4) is 0 Å². The minimum Gasteiger partial charge on any atom is -0.494 e. The van der Waals surface area contributed by atoms with E-state index in [1.165, 1.54) is 4.68 Å². The highest BCUT2D eigenvalue weighted by Crippen LogP contribution is 2.33. The molecule has 0 N–H and O–H groups in total. The Labute approximate surface area is 198 Å². The lowest BCUT2D eigenvalue weighted by atomic mass is 10.0. The Morgan fingerprint density at radius 1 is 1.12 bits per heavy atom. The normalized spacial score (nSPS) is 15.9. The second-order valence-electron chi connectivity index (χ2n) is 7.90. The average molecular weight is 462 g/mol. The van der Waals surface area contributed by atoms with Crippen molar-refractivity contribution in [2.24, 2.45) is 0 Å². The van der Waals surface area contributed by atoms with E-state index >= 15 is 0 Å². The molecule has 3 aromatic rings. The Morgan fingerprint density at radius 2 is 1.88 bits per heavy atom. The Morgan fingerprint density at radius 3 is 2.56 bits per heavy atom. The van der Waals surface area contributed by atoms with Crippen molar-refractivity contribution in [3.05, 3.63) is 71.5 Å². The smallest absolute Gasteiger partial charge is 0.357 e. The molecule has 0 saturated carbocycles. The fourth-order valence-corrected chi connectivity index (χ4v) is 4.02. The molecule has 2 heterocycles. The molecule has 0 radical (unpaired) electrons. The number of rotatable bonds is 8. The van der Waals surface area contributed by atoms with E-state index in [4.69, 9.17) is 9.47 Å². The Bertz CT molecular complexity index is 1160. The van der Waals surface area contributed by atoms with Crippen LogP contribution in [0.4, 0.5) is 0 Å². The first-order valence-corrected chi connectivity index (χ1v) is 11.3. The first kappa shape index (κ1) is 23.2. The van der Waals surface area contributed by atoms with E-state index in [2.05, 4.69) is 15.5 Å². The van der Waals surface area contributed by atoms with Crippen molar-refractivity contribution in [3.8, 4) is 5.75 Å². The monoisotopic (exact) mass is 461 g/mol. The van der Waals surface area contributed by atoms with Gasteiger partial charge in [-0.15, -0.1) is 5.10 Å². The molecule has 2 aromatic carbocycles. The summed E-state index contributed by atoms with van der Waals surface area (Å²) < 4.78 is 12.2. The molecule has 176 valence electrons. The Balaban J connectivity index is 1.45. The van der Waals surface area contributed by atoms with Gasteiger partial charge in [-0.3, -0.25) is 4.79 Å². The summed E-state index contributed by atoms with van der Waals surface area (Å²) in [5.74, 6) is 0.314. The van der Waals surface area contributed by atoms with Gasteiger partial charge in [-0.05, 0) is 66.5 Å². The number of benzene rings is 2. The van der Waals surface area contributed by atoms with E-state index in [1.54, 1.807) is 17.9 Å². The molecule has 1 atom stereocenters. The summed E-state index contributed by atoms with van der Waals surface area (Å²) in [6.07, 6.45) is 3.38. The molecular weight excluding hydrogens is 434 g/mol. The highest BCUT2D eigenvalue weighted by Gasteiger charge is 2.31. The maximum Gasteiger partial charge on any atom is 0.357 e. The van der Waals surface area contributed by atoms with Gasteiger partial charge in [-0.2, -0.15) is 4.68 Å². The second kappa shape index (κ2) is 10.7. The minimum absolute atomic E-state index is 0.0528. The number of nitrogens with zero attached hydrogens (tertiary/aromatic N) is 5. The second-order valence-corrected chi connectivity index (χ2v) is 7.90. The summed E-state index contributed by atoms with van der Waals surface area (Å²) in [6, 6.07) is 17.0. The predicted molar refractivity (Wildman–Crippen MR) is 125 cm³/mol. The van der Waals surface area contributed by atoms with Crippen LogP contribution in [0.5, 0.6) is 5.75 Å². The van der Waals surface area contributed by atoms with Crippen LogP contribution in [0.1, 0.15) is 42.8 Å². The first-order chi connectivity index (χ1) is 16.6. The van der Waals surface area contributed by atoms with Gasteiger partial charge in [-0.1, -0.05) is 42.5 Å². The zero-order valence-corrected chi connectivity index (χ0v) is 19.3. The van der Waals surface area contributed by atoms with Crippen LogP contribution < -0.4 is 4.74 Å². The molecule has 34 heavy (non-hydrogen) atoms. The number of amides is 1. The summed E-state index contributed by atoms with van der Waals surface area (Å²) in [4.78, 5) is 27.7. The van der Waals surface area contributed by atoms with Gasteiger partial charge in [0.25, 0.3) is 5.91 Å². The standard InChI is InChI=1S/C25H27N5O4/c1-3-33-21-13-11-20(12-14-21)22-10-7-15-29(22)24(31)17-34-25(32)23(30-18(2)26-27-28-30)16-19-8-5-4-6-9-19/h4-6,8-9,11-14,16,22H,3,7,10,15,17H2,1-2H3/b23-16-.